The van der Waals surface area contributed by atoms with Crippen molar-refractivity contribution in [2.75, 3.05) is 38.7 Å². The Balaban J connectivity index is 1.61. The van der Waals surface area contributed by atoms with Crippen LogP contribution in [0.3, 0.4) is 0 Å². The fraction of sp³-hybridized carbons (Fsp3) is 0.550. The Labute approximate surface area is 155 Å². The summed E-state index contributed by atoms with van der Waals surface area (Å²) in [4.78, 5) is 10.3. The monoisotopic (exact) mass is 359 g/mol. The van der Waals surface area contributed by atoms with Gasteiger partial charge in [0.25, 0.3) is 0 Å². The van der Waals surface area contributed by atoms with Gasteiger partial charge in [-0.3, -0.25) is 4.90 Å². The Morgan fingerprint density at radius 2 is 2.08 bits per heavy atom. The highest BCUT2D eigenvalue weighted by molar-refractivity contribution is 7.15. The van der Waals surface area contributed by atoms with E-state index in [4.69, 9.17) is 0 Å². The third kappa shape index (κ3) is 4.81. The maximum Gasteiger partial charge on any atom is 0.185 e. The second-order valence-electron chi connectivity index (χ2n) is 7.46. The Morgan fingerprint density at radius 1 is 1.28 bits per heavy atom. The molecule has 1 N–H and O–H groups in total. The number of benzene rings is 1. The normalized spacial score (nSPS) is 21.4. The first kappa shape index (κ1) is 18.4. The molecule has 0 radical (unpaired) electrons. The van der Waals surface area contributed by atoms with Crippen LogP contribution in [-0.2, 0) is 13.0 Å². The van der Waals surface area contributed by atoms with Gasteiger partial charge in [0.2, 0.25) is 0 Å². The number of hydrogen-bond acceptors (Lipinski definition) is 5. The fourth-order valence-electron chi connectivity index (χ4n) is 3.71. The molecular weight excluding hydrogens is 330 g/mol. The molecule has 0 unspecified atom stereocenters. The van der Waals surface area contributed by atoms with Crippen molar-refractivity contribution < 1.29 is 5.11 Å². The van der Waals surface area contributed by atoms with Crippen LogP contribution in [0.25, 0.3) is 0 Å². The highest BCUT2D eigenvalue weighted by Gasteiger charge is 2.34. The van der Waals surface area contributed by atoms with E-state index in [9.17, 15) is 5.11 Å². The zero-order valence-corrected chi connectivity index (χ0v) is 16.1. The van der Waals surface area contributed by atoms with Gasteiger partial charge in [0, 0.05) is 50.3 Å². The molecule has 1 aromatic carbocycles. The number of nitrogens with zero attached hydrogens (tertiary/aromatic N) is 3. The zero-order valence-electron chi connectivity index (χ0n) is 15.3. The van der Waals surface area contributed by atoms with Crippen molar-refractivity contribution in [1.29, 1.82) is 0 Å². The molecule has 136 valence electrons. The van der Waals surface area contributed by atoms with Crippen LogP contribution < -0.4 is 4.90 Å². The van der Waals surface area contributed by atoms with Crippen molar-refractivity contribution in [3.63, 3.8) is 0 Å². The maximum atomic E-state index is 10.1. The molecule has 1 fully saturated rings. The number of aryl methyl sites for hydroxylation is 1. The summed E-state index contributed by atoms with van der Waals surface area (Å²) in [5.74, 6) is 0. The molecule has 25 heavy (non-hydrogen) atoms. The average Bonchev–Trinajstić information content (AvgIpc) is 3.10. The molecule has 0 aliphatic carbocycles. The van der Waals surface area contributed by atoms with E-state index in [0.717, 1.165) is 50.4 Å². The molecule has 0 bridgehead atoms. The minimum absolute atomic E-state index is 0.0309. The lowest BCUT2D eigenvalue weighted by Crippen LogP contribution is -2.45. The average molecular weight is 360 g/mol. The molecule has 5 heteroatoms. The topological polar surface area (TPSA) is 39.6 Å². The Hall–Kier alpha value is -1.43. The van der Waals surface area contributed by atoms with Crippen molar-refractivity contribution >= 4 is 16.5 Å². The summed E-state index contributed by atoms with van der Waals surface area (Å²) < 4.78 is 0. The van der Waals surface area contributed by atoms with E-state index in [1.165, 1.54) is 10.4 Å². The summed E-state index contributed by atoms with van der Waals surface area (Å²) in [5, 5.41) is 11.2. The lowest BCUT2D eigenvalue weighted by molar-refractivity contribution is 0.0228. The summed E-state index contributed by atoms with van der Waals surface area (Å²) in [7, 11) is 4.06. The van der Waals surface area contributed by atoms with E-state index in [2.05, 4.69) is 45.1 Å². The van der Waals surface area contributed by atoms with Crippen LogP contribution in [-0.4, -0.2) is 48.8 Å². The zero-order chi connectivity index (χ0) is 17.7. The molecule has 0 amide bonds. The first-order valence-electron chi connectivity index (χ1n) is 9.09. The summed E-state index contributed by atoms with van der Waals surface area (Å²) in [6.07, 6.45) is 6.38. The molecule has 2 aromatic rings. The number of anilines is 1. The number of aliphatic hydroxyl groups is 1. The van der Waals surface area contributed by atoms with E-state index < -0.39 is 0 Å². The van der Waals surface area contributed by atoms with Crippen LogP contribution in [0.15, 0.2) is 36.5 Å². The summed E-state index contributed by atoms with van der Waals surface area (Å²) in [5.41, 5.74) is 1.40. The minimum Gasteiger partial charge on any atom is -0.396 e. The van der Waals surface area contributed by atoms with Crippen molar-refractivity contribution in [3.8, 4) is 0 Å². The molecule has 1 aromatic heterocycles. The van der Waals surface area contributed by atoms with Gasteiger partial charge in [-0.15, -0.1) is 11.3 Å². The molecule has 4 nitrogen and oxygen atoms in total. The quantitative estimate of drug-likeness (QED) is 0.822. The molecular formula is C20H29N3OS. The number of piperidine rings is 1. The minimum atomic E-state index is 0.0309. The Morgan fingerprint density at radius 3 is 2.76 bits per heavy atom. The van der Waals surface area contributed by atoms with Gasteiger partial charge < -0.3 is 10.0 Å². The van der Waals surface area contributed by atoms with Crippen LogP contribution in [0, 0.1) is 5.41 Å². The van der Waals surface area contributed by atoms with Crippen LogP contribution in [0.2, 0.25) is 0 Å². The lowest BCUT2D eigenvalue weighted by Gasteiger charge is -2.42. The fourth-order valence-corrected chi connectivity index (χ4v) is 4.58. The van der Waals surface area contributed by atoms with Crippen LogP contribution in [0.4, 0.5) is 5.13 Å². The molecule has 1 aliphatic rings. The van der Waals surface area contributed by atoms with Gasteiger partial charge in [-0.1, -0.05) is 30.3 Å². The van der Waals surface area contributed by atoms with Crippen LogP contribution in [0.1, 0.15) is 29.7 Å². The van der Waals surface area contributed by atoms with Gasteiger partial charge in [-0.05, 0) is 37.8 Å². The number of aliphatic hydroxyl groups excluding tert-OH is 1. The molecule has 3 rings (SSSR count). The number of rotatable bonds is 7. The first-order chi connectivity index (χ1) is 12.1. The SMILES string of the molecule is CN(C)c1ncc(CN2CCC[C@](CO)(CCc3ccccc3)C2)s1. The molecule has 0 saturated carbocycles. The smallest absolute Gasteiger partial charge is 0.185 e. The van der Waals surface area contributed by atoms with Crippen LogP contribution in [0.5, 0.6) is 0 Å². The van der Waals surface area contributed by atoms with Crippen molar-refractivity contribution in [2.24, 2.45) is 5.41 Å². The van der Waals surface area contributed by atoms with Crippen molar-refractivity contribution in [1.82, 2.24) is 9.88 Å². The number of hydrogen-bond donors (Lipinski definition) is 1. The summed E-state index contributed by atoms with van der Waals surface area (Å²) in [6, 6.07) is 10.6. The maximum absolute atomic E-state index is 10.1. The van der Waals surface area contributed by atoms with E-state index in [-0.39, 0.29) is 12.0 Å². The Bertz CT molecular complexity index is 658. The summed E-state index contributed by atoms with van der Waals surface area (Å²) in [6.45, 7) is 3.31. The lowest BCUT2D eigenvalue weighted by atomic mass is 9.76. The van der Waals surface area contributed by atoms with Crippen molar-refractivity contribution in [2.45, 2.75) is 32.2 Å². The van der Waals surface area contributed by atoms with Gasteiger partial charge in [0.15, 0.2) is 5.13 Å². The van der Waals surface area contributed by atoms with Gasteiger partial charge in [0.05, 0.1) is 0 Å². The van der Waals surface area contributed by atoms with Gasteiger partial charge in [-0.2, -0.15) is 0 Å². The van der Waals surface area contributed by atoms with Gasteiger partial charge >= 0.3 is 0 Å². The molecule has 1 atom stereocenters. The van der Waals surface area contributed by atoms with Gasteiger partial charge in [0.1, 0.15) is 0 Å². The number of likely N-dealkylation sites (tertiary alicyclic amines) is 1. The largest absolute Gasteiger partial charge is 0.396 e. The number of thiazole rings is 1. The first-order valence-corrected chi connectivity index (χ1v) is 9.91. The Kier molecular flexibility index (Phi) is 6.10. The standard InChI is InChI=1S/C20H29N3OS/c1-22(2)19-21-13-18(25-19)14-23-12-6-10-20(15-23,16-24)11-9-17-7-4-3-5-8-17/h3-5,7-8,13,24H,6,9-12,14-16H2,1-2H3/t20-/m0/s1. The highest BCUT2D eigenvalue weighted by atomic mass is 32.1. The second kappa shape index (κ2) is 8.30. The third-order valence-electron chi connectivity index (χ3n) is 5.17. The molecule has 0 spiro atoms. The van der Waals surface area contributed by atoms with E-state index in [0.29, 0.717) is 0 Å². The van der Waals surface area contributed by atoms with E-state index in [1.54, 1.807) is 11.3 Å². The van der Waals surface area contributed by atoms with Crippen LogP contribution >= 0.6 is 11.3 Å². The highest BCUT2D eigenvalue weighted by Crippen LogP contribution is 2.35. The molecule has 1 saturated heterocycles. The predicted molar refractivity (Wildman–Crippen MR) is 105 cm³/mol. The molecule has 2 heterocycles. The number of aromatic nitrogens is 1. The second-order valence-corrected chi connectivity index (χ2v) is 8.56. The van der Waals surface area contributed by atoms with E-state index in [1.807, 2.05) is 20.3 Å². The summed E-state index contributed by atoms with van der Waals surface area (Å²) >= 11 is 1.76. The predicted octanol–water partition coefficient (Wildman–Crippen LogP) is 3.42. The van der Waals surface area contributed by atoms with Crippen molar-refractivity contribution in [3.05, 3.63) is 47.0 Å². The van der Waals surface area contributed by atoms with E-state index >= 15 is 0 Å². The van der Waals surface area contributed by atoms with Gasteiger partial charge in [-0.25, -0.2) is 4.98 Å². The molecule has 1 aliphatic heterocycles. The third-order valence-corrected chi connectivity index (χ3v) is 6.32.